The molecular weight excluding hydrogens is 304 g/mol. The van der Waals surface area contributed by atoms with Crippen LogP contribution < -0.4 is 0 Å². The molecule has 0 saturated heterocycles. The molecule has 22 heavy (non-hydrogen) atoms. The Morgan fingerprint density at radius 1 is 0.955 bits per heavy atom. The molecule has 4 rings (SSSR count). The Kier molecular flexibility index (Phi) is 3.17. The van der Waals surface area contributed by atoms with E-state index in [4.69, 9.17) is 0 Å². The summed E-state index contributed by atoms with van der Waals surface area (Å²) in [7, 11) is 0. The third-order valence-corrected chi connectivity index (χ3v) is 6.94. The van der Waals surface area contributed by atoms with Gasteiger partial charge in [0.25, 0.3) is 0 Å². The molecular formula is C20H16S2. The second-order valence-corrected chi connectivity index (χ2v) is 7.51. The molecule has 0 amide bonds. The molecule has 2 aromatic heterocycles. The van der Waals surface area contributed by atoms with Crippen molar-refractivity contribution in [3.8, 4) is 0 Å². The second kappa shape index (κ2) is 5.08. The topological polar surface area (TPSA) is 0 Å². The van der Waals surface area contributed by atoms with Gasteiger partial charge in [0, 0.05) is 31.3 Å². The number of rotatable bonds is 2. The molecule has 0 aliphatic heterocycles. The van der Waals surface area contributed by atoms with Crippen molar-refractivity contribution in [1.29, 1.82) is 0 Å². The van der Waals surface area contributed by atoms with Crippen molar-refractivity contribution in [3.05, 3.63) is 59.5 Å². The molecule has 2 aromatic carbocycles. The van der Waals surface area contributed by atoms with E-state index >= 15 is 0 Å². The molecule has 0 nitrogen and oxygen atoms in total. The average molecular weight is 320 g/mol. The van der Waals surface area contributed by atoms with Gasteiger partial charge in [-0.3, -0.25) is 0 Å². The molecule has 2 heterocycles. The van der Waals surface area contributed by atoms with Gasteiger partial charge in [0.1, 0.15) is 0 Å². The molecule has 0 aliphatic carbocycles. The van der Waals surface area contributed by atoms with E-state index in [1.807, 2.05) is 28.7 Å². The standard InChI is InChI=1S/C20H16S2/c1-4-12(3)18-13(5-2)15-10-11-16-14-8-6-7-9-17(14)21-19(16)20(15)22-18/h4-11H,2H2,1,3H3/b12-4-. The maximum absolute atomic E-state index is 4.04. The van der Waals surface area contributed by atoms with Gasteiger partial charge in [-0.1, -0.05) is 49.1 Å². The van der Waals surface area contributed by atoms with Crippen molar-refractivity contribution in [3.63, 3.8) is 0 Å². The third-order valence-electron chi connectivity index (χ3n) is 4.24. The van der Waals surface area contributed by atoms with Crippen LogP contribution in [0.4, 0.5) is 0 Å². The summed E-state index contributed by atoms with van der Waals surface area (Å²) in [5.74, 6) is 0. The average Bonchev–Trinajstić information content (AvgIpc) is 3.11. The highest BCUT2D eigenvalue weighted by Crippen LogP contribution is 2.45. The van der Waals surface area contributed by atoms with Crippen molar-refractivity contribution < 1.29 is 0 Å². The summed E-state index contributed by atoms with van der Waals surface area (Å²) in [5, 5.41) is 4.06. The smallest absolute Gasteiger partial charge is 0.0534 e. The number of allylic oxidation sites excluding steroid dienone is 2. The van der Waals surface area contributed by atoms with Crippen LogP contribution in [0, 0.1) is 0 Å². The minimum Gasteiger partial charge on any atom is -0.134 e. The zero-order valence-electron chi connectivity index (χ0n) is 12.6. The largest absolute Gasteiger partial charge is 0.134 e. The van der Waals surface area contributed by atoms with Crippen LogP contribution in [0.1, 0.15) is 24.3 Å². The van der Waals surface area contributed by atoms with E-state index in [1.165, 1.54) is 46.3 Å². The summed E-state index contributed by atoms with van der Waals surface area (Å²) in [6.07, 6.45) is 4.18. The van der Waals surface area contributed by atoms with E-state index in [0.717, 1.165) is 0 Å². The molecule has 0 spiro atoms. The molecule has 108 valence electrons. The van der Waals surface area contributed by atoms with Gasteiger partial charge < -0.3 is 0 Å². The minimum absolute atomic E-state index is 1.27. The van der Waals surface area contributed by atoms with Crippen molar-refractivity contribution in [2.75, 3.05) is 0 Å². The van der Waals surface area contributed by atoms with Crippen LogP contribution in [0.2, 0.25) is 0 Å². The van der Waals surface area contributed by atoms with Gasteiger partial charge in [0.15, 0.2) is 0 Å². The fourth-order valence-electron chi connectivity index (χ4n) is 2.98. The highest BCUT2D eigenvalue weighted by molar-refractivity contribution is 7.31. The van der Waals surface area contributed by atoms with E-state index < -0.39 is 0 Å². The van der Waals surface area contributed by atoms with Gasteiger partial charge in [-0.2, -0.15) is 0 Å². The van der Waals surface area contributed by atoms with Crippen molar-refractivity contribution >= 4 is 64.6 Å². The predicted octanol–water partition coefficient (Wildman–Crippen LogP) is 7.34. The van der Waals surface area contributed by atoms with Crippen LogP contribution in [-0.2, 0) is 0 Å². The molecule has 0 atom stereocenters. The Morgan fingerprint density at radius 3 is 2.45 bits per heavy atom. The fourth-order valence-corrected chi connectivity index (χ4v) is 5.66. The zero-order chi connectivity index (χ0) is 15.3. The van der Waals surface area contributed by atoms with Crippen molar-refractivity contribution in [1.82, 2.24) is 0 Å². The first-order valence-corrected chi connectivity index (χ1v) is 9.00. The first-order chi connectivity index (χ1) is 10.7. The van der Waals surface area contributed by atoms with Crippen LogP contribution >= 0.6 is 22.7 Å². The molecule has 0 unspecified atom stereocenters. The Bertz CT molecular complexity index is 1060. The van der Waals surface area contributed by atoms with Crippen LogP contribution in [0.25, 0.3) is 41.9 Å². The van der Waals surface area contributed by atoms with E-state index in [2.05, 4.69) is 62.9 Å². The monoisotopic (exact) mass is 320 g/mol. The van der Waals surface area contributed by atoms with E-state index in [1.54, 1.807) is 0 Å². The minimum atomic E-state index is 1.27. The Hall–Kier alpha value is -1.90. The second-order valence-electron chi connectivity index (χ2n) is 5.44. The Morgan fingerprint density at radius 2 is 1.68 bits per heavy atom. The number of hydrogen-bond donors (Lipinski definition) is 0. The molecule has 0 fully saturated rings. The van der Waals surface area contributed by atoms with Gasteiger partial charge >= 0.3 is 0 Å². The van der Waals surface area contributed by atoms with E-state index in [9.17, 15) is 0 Å². The number of benzene rings is 2. The fraction of sp³-hybridized carbons (Fsp3) is 0.100. The molecule has 0 radical (unpaired) electrons. The summed E-state index contributed by atoms with van der Waals surface area (Å²) in [6, 6.07) is 13.2. The zero-order valence-corrected chi connectivity index (χ0v) is 14.3. The molecule has 4 aromatic rings. The lowest BCUT2D eigenvalue weighted by Crippen LogP contribution is -1.77. The first kappa shape index (κ1) is 13.7. The van der Waals surface area contributed by atoms with Gasteiger partial charge in [-0.05, 0) is 25.5 Å². The van der Waals surface area contributed by atoms with E-state index in [-0.39, 0.29) is 0 Å². The third kappa shape index (κ3) is 1.81. The van der Waals surface area contributed by atoms with Crippen molar-refractivity contribution in [2.24, 2.45) is 0 Å². The van der Waals surface area contributed by atoms with Crippen LogP contribution in [0.5, 0.6) is 0 Å². The molecule has 0 N–H and O–H groups in total. The maximum atomic E-state index is 4.04. The van der Waals surface area contributed by atoms with Crippen LogP contribution in [0.3, 0.4) is 0 Å². The van der Waals surface area contributed by atoms with Gasteiger partial charge in [-0.25, -0.2) is 0 Å². The highest BCUT2D eigenvalue weighted by Gasteiger charge is 2.15. The maximum Gasteiger partial charge on any atom is 0.0534 e. The highest BCUT2D eigenvalue weighted by atomic mass is 32.1. The van der Waals surface area contributed by atoms with Gasteiger partial charge in [0.05, 0.1) is 9.40 Å². The molecule has 0 saturated carbocycles. The first-order valence-electron chi connectivity index (χ1n) is 7.37. The van der Waals surface area contributed by atoms with Crippen LogP contribution in [0.15, 0.2) is 49.1 Å². The Balaban J connectivity index is 2.20. The van der Waals surface area contributed by atoms with Crippen LogP contribution in [-0.4, -0.2) is 0 Å². The summed E-state index contributed by atoms with van der Waals surface area (Å²) in [6.45, 7) is 8.32. The summed E-state index contributed by atoms with van der Waals surface area (Å²) in [5.41, 5.74) is 2.60. The lowest BCUT2D eigenvalue weighted by molar-refractivity contribution is 1.63. The number of thiophene rings is 2. The molecule has 2 heteroatoms. The van der Waals surface area contributed by atoms with Crippen molar-refractivity contribution in [2.45, 2.75) is 13.8 Å². The lowest BCUT2D eigenvalue weighted by Gasteiger charge is -1.98. The van der Waals surface area contributed by atoms with Gasteiger partial charge in [-0.15, -0.1) is 22.7 Å². The predicted molar refractivity (Wildman–Crippen MR) is 104 cm³/mol. The molecule has 0 aliphatic rings. The lowest BCUT2D eigenvalue weighted by atomic mass is 10.1. The van der Waals surface area contributed by atoms with E-state index in [0.29, 0.717) is 0 Å². The SMILES string of the molecule is C=Cc1c(/C(C)=C\C)sc2c1ccc1c3ccccc3sc12. The summed E-state index contributed by atoms with van der Waals surface area (Å²) < 4.78 is 4.16. The summed E-state index contributed by atoms with van der Waals surface area (Å²) >= 11 is 3.80. The Labute approximate surface area is 138 Å². The normalized spacial score (nSPS) is 12.5. The van der Waals surface area contributed by atoms with Gasteiger partial charge in [0.2, 0.25) is 0 Å². The quantitative estimate of drug-likeness (QED) is 0.362. The number of hydrogen-bond acceptors (Lipinski definition) is 2. The molecule has 0 bridgehead atoms. The summed E-state index contributed by atoms with van der Waals surface area (Å²) in [4.78, 5) is 1.34. The number of fused-ring (bicyclic) bond motifs is 5.